The van der Waals surface area contributed by atoms with E-state index < -0.39 is 0 Å². The van der Waals surface area contributed by atoms with Crippen LogP contribution in [0.1, 0.15) is 46.2 Å². The van der Waals surface area contributed by atoms with Crippen molar-refractivity contribution in [3.63, 3.8) is 0 Å². The summed E-state index contributed by atoms with van der Waals surface area (Å²) in [6, 6.07) is 3.73. The van der Waals surface area contributed by atoms with Gasteiger partial charge in [-0.15, -0.1) is 0 Å². The molecule has 8 heteroatoms. The average molecular weight is 413 g/mol. The standard InChI is InChI=1S/C22H32N6O2/c1-21(2)10-15(11-22(3,4)28-21)30-19(24)9-7-17(23)18-8-6-16(20(27-18)29-5)14-12-25-26-13-14/h6-9,12-13,15,28H,10-11,23-24H2,1-5H3,(H,25,26)/b17-7-,19-9+. The smallest absolute Gasteiger partial charge is 0.221 e. The first-order chi connectivity index (χ1) is 14.1. The van der Waals surface area contributed by atoms with Crippen LogP contribution in [0.3, 0.4) is 0 Å². The Hall–Kier alpha value is -3.00. The van der Waals surface area contributed by atoms with Crippen LogP contribution in [0.4, 0.5) is 0 Å². The Labute approximate surface area is 177 Å². The van der Waals surface area contributed by atoms with E-state index in [2.05, 4.69) is 48.2 Å². The van der Waals surface area contributed by atoms with E-state index in [0.717, 1.165) is 24.0 Å². The van der Waals surface area contributed by atoms with Gasteiger partial charge in [0, 0.05) is 41.2 Å². The Balaban J connectivity index is 1.73. The molecule has 0 aliphatic carbocycles. The van der Waals surface area contributed by atoms with Crippen molar-refractivity contribution in [2.45, 2.75) is 57.7 Å². The zero-order chi connectivity index (χ0) is 21.9. The lowest BCUT2D eigenvalue weighted by molar-refractivity contribution is 0.0130. The zero-order valence-corrected chi connectivity index (χ0v) is 18.3. The summed E-state index contributed by atoms with van der Waals surface area (Å²) in [5.41, 5.74) is 15.1. The second-order valence-corrected chi connectivity index (χ2v) is 8.97. The molecule has 3 rings (SSSR count). The molecule has 6 N–H and O–H groups in total. The molecular formula is C22H32N6O2. The van der Waals surface area contributed by atoms with Gasteiger partial charge in [0.05, 0.1) is 24.7 Å². The Bertz CT molecular complexity index is 915. The predicted octanol–water partition coefficient (Wildman–Crippen LogP) is 2.91. The summed E-state index contributed by atoms with van der Waals surface area (Å²) in [5, 5.41) is 10.4. The minimum absolute atomic E-state index is 0.0151. The van der Waals surface area contributed by atoms with Gasteiger partial charge in [-0.05, 0) is 52.0 Å². The number of piperidine rings is 1. The first-order valence-corrected chi connectivity index (χ1v) is 10.0. The third-order valence-electron chi connectivity index (χ3n) is 5.04. The molecule has 0 radical (unpaired) electrons. The molecule has 1 saturated heterocycles. The van der Waals surface area contributed by atoms with E-state index in [9.17, 15) is 0 Å². The SMILES string of the molecule is COc1nc(/C(N)=C/C=C(\N)OC2CC(C)(C)NC(C)(C)C2)ccc1-c1cn[nH]c1. The van der Waals surface area contributed by atoms with Crippen molar-refractivity contribution < 1.29 is 9.47 Å². The second kappa shape index (κ2) is 8.39. The van der Waals surface area contributed by atoms with Crippen molar-refractivity contribution in [3.8, 4) is 17.0 Å². The third kappa shape index (κ3) is 5.33. The van der Waals surface area contributed by atoms with Crippen molar-refractivity contribution in [3.05, 3.63) is 48.3 Å². The molecule has 0 aromatic carbocycles. The maximum atomic E-state index is 6.21. The normalized spacial score (nSPS) is 19.5. The molecule has 2 aromatic heterocycles. The van der Waals surface area contributed by atoms with Gasteiger partial charge in [-0.3, -0.25) is 5.10 Å². The van der Waals surface area contributed by atoms with E-state index in [4.69, 9.17) is 20.9 Å². The second-order valence-electron chi connectivity index (χ2n) is 8.97. The van der Waals surface area contributed by atoms with Crippen LogP contribution < -0.4 is 21.5 Å². The quantitative estimate of drug-likeness (QED) is 0.425. The molecule has 0 bridgehead atoms. The molecule has 1 aliphatic heterocycles. The van der Waals surface area contributed by atoms with Crippen molar-refractivity contribution in [2.24, 2.45) is 11.5 Å². The summed E-state index contributed by atoms with van der Waals surface area (Å²) >= 11 is 0. The van der Waals surface area contributed by atoms with Crippen LogP contribution in [0.25, 0.3) is 16.8 Å². The highest BCUT2D eigenvalue weighted by molar-refractivity contribution is 5.70. The number of aromatic nitrogens is 3. The van der Waals surface area contributed by atoms with Gasteiger partial charge in [0.15, 0.2) is 5.88 Å². The van der Waals surface area contributed by atoms with Gasteiger partial charge in [-0.2, -0.15) is 5.10 Å². The number of rotatable bonds is 6. The van der Waals surface area contributed by atoms with E-state index in [1.807, 2.05) is 12.1 Å². The largest absolute Gasteiger partial charge is 0.481 e. The number of nitrogens with one attached hydrogen (secondary N) is 2. The summed E-state index contributed by atoms with van der Waals surface area (Å²) in [7, 11) is 1.57. The van der Waals surface area contributed by atoms with E-state index in [1.54, 1.807) is 31.7 Å². The van der Waals surface area contributed by atoms with Gasteiger partial charge in [0.2, 0.25) is 5.88 Å². The molecule has 0 saturated carbocycles. The number of nitrogens with two attached hydrogens (primary N) is 2. The number of H-pyrrole nitrogens is 1. The van der Waals surface area contributed by atoms with Crippen LogP contribution in [-0.4, -0.2) is 39.5 Å². The lowest BCUT2D eigenvalue weighted by atomic mass is 9.81. The Morgan fingerprint density at radius 2 is 1.83 bits per heavy atom. The summed E-state index contributed by atoms with van der Waals surface area (Å²) in [5.74, 6) is 0.802. The number of allylic oxidation sites excluding steroid dienone is 2. The van der Waals surface area contributed by atoms with Gasteiger partial charge >= 0.3 is 0 Å². The van der Waals surface area contributed by atoms with Crippen LogP contribution in [0, 0.1) is 0 Å². The van der Waals surface area contributed by atoms with Gasteiger partial charge in [-0.25, -0.2) is 4.98 Å². The van der Waals surface area contributed by atoms with Crippen molar-refractivity contribution in [1.82, 2.24) is 20.5 Å². The number of ether oxygens (including phenoxy) is 2. The number of hydrogen-bond acceptors (Lipinski definition) is 7. The third-order valence-corrected chi connectivity index (χ3v) is 5.04. The van der Waals surface area contributed by atoms with E-state index >= 15 is 0 Å². The first kappa shape index (κ1) is 21.7. The van der Waals surface area contributed by atoms with Crippen LogP contribution in [0.5, 0.6) is 5.88 Å². The highest BCUT2D eigenvalue weighted by atomic mass is 16.5. The molecule has 0 spiro atoms. The average Bonchev–Trinajstić information content (AvgIpc) is 3.17. The van der Waals surface area contributed by atoms with Gasteiger partial charge in [0.25, 0.3) is 0 Å². The number of nitrogens with zero attached hydrogens (tertiary/aromatic N) is 2. The van der Waals surface area contributed by atoms with Crippen LogP contribution in [-0.2, 0) is 4.74 Å². The molecule has 30 heavy (non-hydrogen) atoms. The van der Waals surface area contributed by atoms with Crippen LogP contribution in [0.15, 0.2) is 42.6 Å². The zero-order valence-electron chi connectivity index (χ0n) is 18.3. The fourth-order valence-corrected chi connectivity index (χ4v) is 4.18. The van der Waals surface area contributed by atoms with Crippen molar-refractivity contribution >= 4 is 5.70 Å². The molecule has 0 atom stereocenters. The molecule has 8 nitrogen and oxygen atoms in total. The summed E-state index contributed by atoms with van der Waals surface area (Å²) < 4.78 is 11.4. The minimum atomic E-state index is -0.0151. The lowest BCUT2D eigenvalue weighted by Crippen LogP contribution is -2.59. The fourth-order valence-electron chi connectivity index (χ4n) is 4.18. The van der Waals surface area contributed by atoms with Crippen LogP contribution >= 0.6 is 0 Å². The van der Waals surface area contributed by atoms with Gasteiger partial charge in [0.1, 0.15) is 6.10 Å². The van der Waals surface area contributed by atoms with E-state index in [0.29, 0.717) is 23.2 Å². The molecule has 3 heterocycles. The minimum Gasteiger partial charge on any atom is -0.481 e. The number of pyridine rings is 1. The fraction of sp³-hybridized carbons (Fsp3) is 0.455. The summed E-state index contributed by atoms with van der Waals surface area (Å²) in [4.78, 5) is 4.50. The van der Waals surface area contributed by atoms with Crippen LogP contribution in [0.2, 0.25) is 0 Å². The molecule has 162 valence electrons. The van der Waals surface area contributed by atoms with Gasteiger partial charge in [-0.1, -0.05) is 0 Å². The Kier molecular flexibility index (Phi) is 6.07. The summed E-state index contributed by atoms with van der Waals surface area (Å²) in [6.07, 6.45) is 8.65. The molecule has 1 aliphatic rings. The number of aromatic amines is 1. The van der Waals surface area contributed by atoms with E-state index in [1.165, 1.54) is 0 Å². The van der Waals surface area contributed by atoms with Crippen molar-refractivity contribution in [1.29, 1.82) is 0 Å². The topological polar surface area (TPSA) is 124 Å². The number of methoxy groups -OCH3 is 1. The molecule has 2 aromatic rings. The number of hydrogen-bond donors (Lipinski definition) is 4. The van der Waals surface area contributed by atoms with Gasteiger partial charge < -0.3 is 26.3 Å². The molecule has 0 unspecified atom stereocenters. The van der Waals surface area contributed by atoms with E-state index in [-0.39, 0.29) is 17.2 Å². The maximum absolute atomic E-state index is 6.21. The Morgan fingerprint density at radius 3 is 2.43 bits per heavy atom. The molecule has 0 amide bonds. The predicted molar refractivity (Wildman–Crippen MR) is 118 cm³/mol. The Morgan fingerprint density at radius 1 is 1.13 bits per heavy atom. The highest BCUT2D eigenvalue weighted by Gasteiger charge is 2.38. The highest BCUT2D eigenvalue weighted by Crippen LogP contribution is 2.31. The summed E-state index contributed by atoms with van der Waals surface area (Å²) in [6.45, 7) is 8.70. The maximum Gasteiger partial charge on any atom is 0.221 e. The monoisotopic (exact) mass is 412 g/mol. The lowest BCUT2D eigenvalue weighted by Gasteiger charge is -2.46. The molecular weight excluding hydrogens is 380 g/mol. The first-order valence-electron chi connectivity index (χ1n) is 10.0. The molecule has 1 fully saturated rings. The van der Waals surface area contributed by atoms with Crippen molar-refractivity contribution in [2.75, 3.05) is 7.11 Å².